The van der Waals surface area contributed by atoms with Crippen LogP contribution in [0.2, 0.25) is 0 Å². The van der Waals surface area contributed by atoms with Crippen molar-refractivity contribution in [3.8, 4) is 11.5 Å². The van der Waals surface area contributed by atoms with E-state index in [9.17, 15) is 13.2 Å². The Labute approximate surface area is 191 Å². The fourth-order valence-electron chi connectivity index (χ4n) is 3.35. The number of rotatable bonds is 8. The Bertz CT molecular complexity index is 1160. The normalized spacial score (nSPS) is 14.9. The summed E-state index contributed by atoms with van der Waals surface area (Å²) in [6.45, 7) is 1.28. The minimum atomic E-state index is -3.54. The Morgan fingerprint density at radius 3 is 2.59 bits per heavy atom. The minimum absolute atomic E-state index is 0.194. The van der Waals surface area contributed by atoms with Crippen LogP contribution in [0.5, 0.6) is 0 Å². The van der Waals surface area contributed by atoms with Crippen LogP contribution in [-0.4, -0.2) is 54.3 Å². The van der Waals surface area contributed by atoms with Gasteiger partial charge in [-0.2, -0.15) is 4.31 Å². The van der Waals surface area contributed by atoms with E-state index in [1.807, 2.05) is 6.07 Å². The number of nitrogens with zero attached hydrogens (tertiary/aromatic N) is 3. The molecule has 1 aliphatic heterocycles. The summed E-state index contributed by atoms with van der Waals surface area (Å²) in [7, 11) is -3.54. The summed E-state index contributed by atoms with van der Waals surface area (Å²) in [4.78, 5) is 12.2. The summed E-state index contributed by atoms with van der Waals surface area (Å²) < 4.78 is 38.3. The van der Waals surface area contributed by atoms with Gasteiger partial charge in [0.2, 0.25) is 15.9 Å². The van der Waals surface area contributed by atoms with Crippen molar-refractivity contribution in [3.63, 3.8) is 0 Å². The average molecular weight is 474 g/mol. The van der Waals surface area contributed by atoms with Crippen LogP contribution in [-0.2, 0) is 14.8 Å². The lowest BCUT2D eigenvalue weighted by Crippen LogP contribution is -2.35. The number of aromatic nitrogens is 2. The van der Waals surface area contributed by atoms with Crippen molar-refractivity contribution >= 4 is 27.8 Å². The number of esters is 1. The van der Waals surface area contributed by atoms with Crippen molar-refractivity contribution in [2.75, 3.05) is 25.4 Å². The molecule has 168 valence electrons. The molecule has 10 heteroatoms. The first-order valence-corrected chi connectivity index (χ1v) is 12.8. The molecule has 0 bridgehead atoms. The van der Waals surface area contributed by atoms with Gasteiger partial charge in [0.1, 0.15) is 6.61 Å². The SMILES string of the molecule is O=C(OCCSc1nnc(-c2cccc(S(=O)(=O)N3CCCCC3)c2)o1)c1ccccc1. The van der Waals surface area contributed by atoms with Gasteiger partial charge in [-0.1, -0.05) is 42.4 Å². The lowest BCUT2D eigenvalue weighted by Gasteiger charge is -2.25. The van der Waals surface area contributed by atoms with Gasteiger partial charge >= 0.3 is 5.97 Å². The summed E-state index contributed by atoms with van der Waals surface area (Å²) in [5, 5.41) is 8.34. The number of piperidine rings is 1. The van der Waals surface area contributed by atoms with Crippen molar-refractivity contribution in [1.29, 1.82) is 0 Å². The smallest absolute Gasteiger partial charge is 0.338 e. The number of carbonyl (C=O) groups is 1. The Kier molecular flexibility index (Phi) is 7.23. The number of hydrogen-bond acceptors (Lipinski definition) is 8. The molecule has 2 aromatic carbocycles. The van der Waals surface area contributed by atoms with Crippen LogP contribution >= 0.6 is 11.8 Å². The molecule has 1 fully saturated rings. The van der Waals surface area contributed by atoms with Crippen LogP contribution in [0.3, 0.4) is 0 Å². The van der Waals surface area contributed by atoms with Gasteiger partial charge in [0, 0.05) is 24.4 Å². The zero-order valence-corrected chi connectivity index (χ0v) is 19.0. The summed E-state index contributed by atoms with van der Waals surface area (Å²) in [5.74, 6) is 0.303. The van der Waals surface area contributed by atoms with Crippen molar-refractivity contribution < 1.29 is 22.4 Å². The van der Waals surface area contributed by atoms with Gasteiger partial charge < -0.3 is 9.15 Å². The van der Waals surface area contributed by atoms with E-state index >= 15 is 0 Å². The predicted molar refractivity (Wildman–Crippen MR) is 120 cm³/mol. The largest absolute Gasteiger partial charge is 0.461 e. The Hall–Kier alpha value is -2.69. The van der Waals surface area contributed by atoms with Crippen LogP contribution in [0.4, 0.5) is 0 Å². The van der Waals surface area contributed by atoms with Crippen molar-refractivity contribution in [3.05, 3.63) is 60.2 Å². The van der Waals surface area contributed by atoms with Crippen LogP contribution < -0.4 is 0 Å². The molecule has 0 aliphatic carbocycles. The molecule has 1 aromatic heterocycles. The van der Waals surface area contributed by atoms with Crippen LogP contribution in [0.25, 0.3) is 11.5 Å². The molecule has 32 heavy (non-hydrogen) atoms. The van der Waals surface area contributed by atoms with Crippen molar-refractivity contribution in [2.45, 2.75) is 29.4 Å². The maximum atomic E-state index is 12.9. The second-order valence-corrected chi connectivity index (χ2v) is 10.2. The Balaban J connectivity index is 1.35. The van der Waals surface area contributed by atoms with Gasteiger partial charge in [-0.25, -0.2) is 13.2 Å². The highest BCUT2D eigenvalue weighted by Crippen LogP contribution is 2.27. The van der Waals surface area contributed by atoms with E-state index in [0.29, 0.717) is 35.2 Å². The van der Waals surface area contributed by atoms with Gasteiger partial charge in [0.05, 0.1) is 10.5 Å². The zero-order chi connectivity index (χ0) is 22.4. The monoisotopic (exact) mass is 473 g/mol. The van der Waals surface area contributed by atoms with Crippen LogP contribution in [0.1, 0.15) is 29.6 Å². The molecule has 1 aliphatic rings. The van der Waals surface area contributed by atoms with Gasteiger partial charge in [0.15, 0.2) is 0 Å². The molecule has 0 amide bonds. The highest BCUT2D eigenvalue weighted by atomic mass is 32.2. The standard InChI is InChI=1S/C22H23N3O5S2/c26-21(17-8-3-1-4-9-17)29-14-15-31-22-24-23-20(30-22)18-10-7-11-19(16-18)32(27,28)25-12-5-2-6-13-25/h1,3-4,7-11,16H,2,5-6,12-15H2. The highest BCUT2D eigenvalue weighted by Gasteiger charge is 2.26. The van der Waals surface area contributed by atoms with E-state index in [1.165, 1.54) is 16.1 Å². The molecule has 3 aromatic rings. The van der Waals surface area contributed by atoms with Gasteiger partial charge in [-0.3, -0.25) is 0 Å². The number of thioether (sulfide) groups is 1. The first-order chi connectivity index (χ1) is 15.5. The van der Waals surface area contributed by atoms with E-state index in [4.69, 9.17) is 9.15 Å². The number of ether oxygens (including phenoxy) is 1. The first kappa shape index (κ1) is 22.5. The van der Waals surface area contributed by atoms with E-state index in [1.54, 1.807) is 48.5 Å². The fourth-order valence-corrected chi connectivity index (χ4v) is 5.49. The molecule has 8 nitrogen and oxygen atoms in total. The van der Waals surface area contributed by atoms with E-state index in [-0.39, 0.29) is 23.4 Å². The Morgan fingerprint density at radius 2 is 1.81 bits per heavy atom. The number of carbonyl (C=O) groups excluding carboxylic acids is 1. The summed E-state index contributed by atoms with van der Waals surface area (Å²) in [5.41, 5.74) is 1.04. The molecule has 1 saturated heterocycles. The quantitative estimate of drug-likeness (QED) is 0.276. The predicted octanol–water partition coefficient (Wildman–Crippen LogP) is 3.86. The fraction of sp³-hybridized carbons (Fsp3) is 0.318. The number of hydrogen-bond donors (Lipinski definition) is 0. The summed E-state index contributed by atoms with van der Waals surface area (Å²) in [6.07, 6.45) is 2.81. The molecular formula is C22H23N3O5S2. The Morgan fingerprint density at radius 1 is 1.03 bits per heavy atom. The van der Waals surface area contributed by atoms with Crippen LogP contribution in [0, 0.1) is 0 Å². The summed E-state index contributed by atoms with van der Waals surface area (Å²) >= 11 is 1.26. The van der Waals surface area contributed by atoms with Crippen molar-refractivity contribution in [1.82, 2.24) is 14.5 Å². The average Bonchev–Trinajstić information content (AvgIpc) is 3.32. The molecular weight excluding hydrogens is 450 g/mol. The highest BCUT2D eigenvalue weighted by molar-refractivity contribution is 7.99. The zero-order valence-electron chi connectivity index (χ0n) is 17.3. The summed E-state index contributed by atoms with van der Waals surface area (Å²) in [6, 6.07) is 15.3. The van der Waals surface area contributed by atoms with E-state index in [2.05, 4.69) is 10.2 Å². The van der Waals surface area contributed by atoms with Crippen molar-refractivity contribution in [2.24, 2.45) is 0 Å². The van der Waals surface area contributed by atoms with Gasteiger partial charge in [-0.05, 0) is 43.2 Å². The van der Waals surface area contributed by atoms with Gasteiger partial charge in [-0.15, -0.1) is 10.2 Å². The number of benzene rings is 2. The third kappa shape index (κ3) is 5.37. The molecule has 0 radical (unpaired) electrons. The molecule has 2 heterocycles. The molecule has 0 N–H and O–H groups in total. The topological polar surface area (TPSA) is 103 Å². The van der Waals surface area contributed by atoms with Gasteiger partial charge in [0.25, 0.3) is 5.22 Å². The molecule has 0 saturated carbocycles. The lowest BCUT2D eigenvalue weighted by molar-refractivity contribution is 0.0530. The maximum Gasteiger partial charge on any atom is 0.338 e. The second kappa shape index (κ2) is 10.3. The third-order valence-electron chi connectivity index (χ3n) is 4.99. The van der Waals surface area contributed by atoms with Crippen LogP contribution in [0.15, 0.2) is 69.1 Å². The van der Waals surface area contributed by atoms with E-state index < -0.39 is 10.0 Å². The molecule has 0 spiro atoms. The number of sulfonamides is 1. The third-order valence-corrected chi connectivity index (χ3v) is 7.67. The lowest BCUT2D eigenvalue weighted by atomic mass is 10.2. The maximum absolute atomic E-state index is 12.9. The molecule has 0 atom stereocenters. The first-order valence-electron chi connectivity index (χ1n) is 10.3. The molecule has 4 rings (SSSR count). The second-order valence-electron chi connectivity index (χ2n) is 7.22. The minimum Gasteiger partial charge on any atom is -0.461 e. The van der Waals surface area contributed by atoms with E-state index in [0.717, 1.165) is 19.3 Å². The molecule has 0 unspecified atom stereocenters.